The van der Waals surface area contributed by atoms with Gasteiger partial charge in [-0.3, -0.25) is 14.8 Å². The van der Waals surface area contributed by atoms with Crippen LogP contribution < -0.4 is 4.74 Å². The molecule has 0 unspecified atom stereocenters. The fourth-order valence-corrected chi connectivity index (χ4v) is 2.91. The Morgan fingerprint density at radius 1 is 1.33 bits per heavy atom. The number of thioether (sulfide) groups is 1. The normalized spacial score (nSPS) is 10.8. The zero-order valence-electron chi connectivity index (χ0n) is 13.0. The first kappa shape index (κ1) is 16.0. The maximum Gasteiger partial charge on any atom is 0.307 e. The molecule has 0 aliphatic carbocycles. The third-order valence-electron chi connectivity index (χ3n) is 3.34. The van der Waals surface area contributed by atoms with Crippen molar-refractivity contribution in [2.45, 2.75) is 11.0 Å². The van der Waals surface area contributed by atoms with Crippen LogP contribution in [0.15, 0.2) is 41.8 Å². The highest BCUT2D eigenvalue weighted by molar-refractivity contribution is 7.98. The molecule has 0 bridgehead atoms. The maximum atomic E-state index is 10.7. The van der Waals surface area contributed by atoms with Crippen molar-refractivity contribution in [2.75, 3.05) is 7.11 Å². The monoisotopic (exact) mass is 346 g/mol. The molecule has 1 aromatic carbocycles. The first-order valence-electron chi connectivity index (χ1n) is 6.92. The van der Waals surface area contributed by atoms with E-state index in [1.807, 2.05) is 35.9 Å². The lowest BCUT2D eigenvalue weighted by molar-refractivity contribution is -0.385. The van der Waals surface area contributed by atoms with Crippen molar-refractivity contribution in [1.82, 2.24) is 24.5 Å². The molecule has 2 aromatic heterocycles. The van der Waals surface area contributed by atoms with Crippen LogP contribution in [-0.2, 0) is 12.9 Å². The molecular weight excluding hydrogens is 332 g/mol. The molecule has 0 saturated carbocycles. The number of nitro groups is 1. The molecule has 0 radical (unpaired) electrons. The predicted molar refractivity (Wildman–Crippen MR) is 87.7 cm³/mol. The highest BCUT2D eigenvalue weighted by atomic mass is 32.2. The van der Waals surface area contributed by atoms with Gasteiger partial charge in [-0.25, -0.2) is 0 Å². The molecule has 0 atom stereocenters. The summed E-state index contributed by atoms with van der Waals surface area (Å²) < 4.78 is 8.69. The predicted octanol–water partition coefficient (Wildman–Crippen LogP) is 2.35. The third-order valence-corrected chi connectivity index (χ3v) is 4.35. The first-order chi connectivity index (χ1) is 11.6. The Morgan fingerprint density at radius 3 is 2.83 bits per heavy atom. The van der Waals surface area contributed by atoms with Gasteiger partial charge in [-0.2, -0.15) is 5.10 Å². The lowest BCUT2D eigenvalue weighted by Crippen LogP contribution is -1.99. The van der Waals surface area contributed by atoms with E-state index < -0.39 is 4.92 Å². The number of benzene rings is 1. The molecule has 0 aliphatic rings. The summed E-state index contributed by atoms with van der Waals surface area (Å²) in [5, 5.41) is 23.7. The Morgan fingerprint density at radius 2 is 2.12 bits per heavy atom. The molecule has 10 heteroatoms. The highest BCUT2D eigenvalue weighted by Gasteiger charge is 2.15. The van der Waals surface area contributed by atoms with Gasteiger partial charge in [0.2, 0.25) is 0 Å². The fourth-order valence-electron chi connectivity index (χ4n) is 2.15. The Kier molecular flexibility index (Phi) is 4.47. The molecule has 124 valence electrons. The second-order valence-electron chi connectivity index (χ2n) is 4.83. The summed E-state index contributed by atoms with van der Waals surface area (Å²) in [7, 11) is 3.46. The topological polar surface area (TPSA) is 101 Å². The molecule has 0 spiro atoms. The van der Waals surface area contributed by atoms with Crippen LogP contribution in [-0.4, -0.2) is 36.6 Å². The van der Waals surface area contributed by atoms with Gasteiger partial charge in [0.1, 0.15) is 18.1 Å². The summed E-state index contributed by atoms with van der Waals surface area (Å²) in [5.41, 5.74) is 0.805. The first-order valence-corrected chi connectivity index (χ1v) is 7.91. The molecule has 9 nitrogen and oxygen atoms in total. The SMILES string of the molecule is COc1ccccc1-c1nnc(SCn2cc([N+](=O)[O-])cn2)n1C. The molecule has 24 heavy (non-hydrogen) atoms. The van der Waals surface area contributed by atoms with Gasteiger partial charge in [-0.1, -0.05) is 23.9 Å². The van der Waals surface area contributed by atoms with Crippen molar-refractivity contribution in [3.63, 3.8) is 0 Å². The minimum Gasteiger partial charge on any atom is -0.496 e. The summed E-state index contributed by atoms with van der Waals surface area (Å²) in [6.45, 7) is 0. The van der Waals surface area contributed by atoms with E-state index in [4.69, 9.17) is 4.74 Å². The number of hydrogen-bond donors (Lipinski definition) is 0. The van der Waals surface area contributed by atoms with Crippen molar-refractivity contribution in [3.05, 3.63) is 46.8 Å². The number of hydrogen-bond acceptors (Lipinski definition) is 7. The number of rotatable bonds is 6. The summed E-state index contributed by atoms with van der Waals surface area (Å²) >= 11 is 1.38. The molecule has 0 amide bonds. The molecular formula is C14H14N6O3S. The lowest BCUT2D eigenvalue weighted by Gasteiger charge is -2.08. The fraction of sp³-hybridized carbons (Fsp3) is 0.214. The Bertz CT molecular complexity index is 875. The van der Waals surface area contributed by atoms with Gasteiger partial charge in [0.15, 0.2) is 11.0 Å². The summed E-state index contributed by atoms with van der Waals surface area (Å²) in [6.07, 6.45) is 2.60. The largest absolute Gasteiger partial charge is 0.496 e. The van der Waals surface area contributed by atoms with E-state index in [-0.39, 0.29) is 5.69 Å². The average molecular weight is 346 g/mol. The van der Waals surface area contributed by atoms with Crippen LogP contribution in [0.1, 0.15) is 0 Å². The number of para-hydroxylation sites is 1. The summed E-state index contributed by atoms with van der Waals surface area (Å²) in [4.78, 5) is 10.2. The zero-order chi connectivity index (χ0) is 17.1. The smallest absolute Gasteiger partial charge is 0.307 e. The van der Waals surface area contributed by atoms with Crippen molar-refractivity contribution < 1.29 is 9.66 Å². The molecule has 2 heterocycles. The molecule has 3 aromatic rings. The van der Waals surface area contributed by atoms with E-state index in [1.165, 1.54) is 28.8 Å². The van der Waals surface area contributed by atoms with Gasteiger partial charge in [-0.05, 0) is 12.1 Å². The van der Waals surface area contributed by atoms with E-state index in [2.05, 4.69) is 15.3 Å². The van der Waals surface area contributed by atoms with Crippen LogP contribution in [0.5, 0.6) is 5.75 Å². The summed E-state index contributed by atoms with van der Waals surface area (Å²) in [5.74, 6) is 1.79. The van der Waals surface area contributed by atoms with Gasteiger partial charge in [0.25, 0.3) is 0 Å². The van der Waals surface area contributed by atoms with Gasteiger partial charge in [0.05, 0.1) is 23.5 Å². The Balaban J connectivity index is 1.78. The third kappa shape index (κ3) is 3.08. The number of aromatic nitrogens is 5. The van der Waals surface area contributed by atoms with Crippen LogP contribution in [0.2, 0.25) is 0 Å². The Hall–Kier alpha value is -2.88. The van der Waals surface area contributed by atoms with Crippen LogP contribution >= 0.6 is 11.8 Å². The summed E-state index contributed by atoms with van der Waals surface area (Å²) in [6, 6.07) is 7.56. The van der Waals surface area contributed by atoms with Crippen molar-refractivity contribution in [2.24, 2.45) is 7.05 Å². The molecule has 3 rings (SSSR count). The molecule has 0 N–H and O–H groups in total. The van der Waals surface area contributed by atoms with E-state index in [1.54, 1.807) is 7.11 Å². The lowest BCUT2D eigenvalue weighted by atomic mass is 10.2. The van der Waals surface area contributed by atoms with Crippen LogP contribution in [0.25, 0.3) is 11.4 Å². The minimum atomic E-state index is -0.476. The van der Waals surface area contributed by atoms with Crippen LogP contribution in [0.3, 0.4) is 0 Å². The van der Waals surface area contributed by atoms with E-state index in [0.29, 0.717) is 22.6 Å². The van der Waals surface area contributed by atoms with E-state index in [0.717, 1.165) is 5.56 Å². The van der Waals surface area contributed by atoms with E-state index in [9.17, 15) is 10.1 Å². The minimum absolute atomic E-state index is 0.0386. The Labute approximate surface area is 141 Å². The second kappa shape index (κ2) is 6.71. The van der Waals surface area contributed by atoms with Crippen molar-refractivity contribution in [3.8, 4) is 17.1 Å². The van der Waals surface area contributed by atoms with Gasteiger partial charge < -0.3 is 9.30 Å². The van der Waals surface area contributed by atoms with Gasteiger partial charge in [-0.15, -0.1) is 10.2 Å². The molecule has 0 aliphatic heterocycles. The molecule has 0 saturated heterocycles. The van der Waals surface area contributed by atoms with Gasteiger partial charge >= 0.3 is 5.69 Å². The average Bonchev–Trinajstić information content (AvgIpc) is 3.20. The van der Waals surface area contributed by atoms with Crippen LogP contribution in [0.4, 0.5) is 5.69 Å². The number of methoxy groups -OCH3 is 1. The van der Waals surface area contributed by atoms with Crippen LogP contribution in [0, 0.1) is 10.1 Å². The van der Waals surface area contributed by atoms with E-state index >= 15 is 0 Å². The quantitative estimate of drug-likeness (QED) is 0.383. The standard InChI is InChI=1S/C14H14N6O3S/c1-18-13(11-5-3-4-6-12(11)23-2)16-17-14(18)24-9-19-8-10(7-15-19)20(21)22/h3-8H,9H2,1-2H3. The zero-order valence-corrected chi connectivity index (χ0v) is 13.8. The van der Waals surface area contributed by atoms with Gasteiger partial charge in [0, 0.05) is 7.05 Å². The molecule has 0 fully saturated rings. The second-order valence-corrected chi connectivity index (χ2v) is 5.75. The van der Waals surface area contributed by atoms with Crippen molar-refractivity contribution in [1.29, 1.82) is 0 Å². The van der Waals surface area contributed by atoms with Crippen molar-refractivity contribution >= 4 is 17.4 Å². The number of nitrogens with zero attached hydrogens (tertiary/aromatic N) is 6. The maximum absolute atomic E-state index is 10.7. The number of ether oxygens (including phenoxy) is 1. The highest BCUT2D eigenvalue weighted by Crippen LogP contribution is 2.30.